The van der Waals surface area contributed by atoms with Crippen LogP contribution in [-0.2, 0) is 13.1 Å². The fourth-order valence-corrected chi connectivity index (χ4v) is 2.14. The Bertz CT molecular complexity index is 649. The lowest BCUT2D eigenvalue weighted by molar-refractivity contribution is -0.136. The second-order valence-electron chi connectivity index (χ2n) is 4.69. The van der Waals surface area contributed by atoms with E-state index in [1.807, 2.05) is 0 Å². The van der Waals surface area contributed by atoms with E-state index in [1.54, 1.807) is 0 Å². The molecule has 0 bridgehead atoms. The maximum absolute atomic E-state index is 12.1. The van der Waals surface area contributed by atoms with E-state index in [0.717, 1.165) is 0 Å². The van der Waals surface area contributed by atoms with Gasteiger partial charge in [-0.15, -0.1) is 0 Å². The number of aromatic nitrogens is 3. The fourth-order valence-electron chi connectivity index (χ4n) is 1.74. The Morgan fingerprint density at radius 1 is 0.913 bits per heavy atom. The molecule has 0 spiro atoms. The van der Waals surface area contributed by atoms with Gasteiger partial charge >= 0.3 is 18.0 Å². The van der Waals surface area contributed by atoms with Crippen LogP contribution in [0.15, 0.2) is 14.2 Å². The molecular formula is C11H12BrF6N3O2. The Labute approximate surface area is 134 Å². The van der Waals surface area contributed by atoms with Crippen molar-refractivity contribution >= 4 is 15.9 Å². The van der Waals surface area contributed by atoms with E-state index < -0.39 is 62.4 Å². The highest BCUT2D eigenvalue weighted by atomic mass is 79.9. The van der Waals surface area contributed by atoms with Gasteiger partial charge in [-0.2, -0.15) is 31.4 Å². The largest absolute Gasteiger partial charge is 0.389 e. The molecule has 0 aliphatic rings. The lowest BCUT2D eigenvalue weighted by atomic mass is 10.3. The highest BCUT2D eigenvalue weighted by molar-refractivity contribution is 9.10. The summed E-state index contributed by atoms with van der Waals surface area (Å²) < 4.78 is 73.3. The van der Waals surface area contributed by atoms with Crippen LogP contribution in [0.5, 0.6) is 0 Å². The molecule has 0 aliphatic carbocycles. The van der Waals surface area contributed by atoms with Crippen LogP contribution in [-0.4, -0.2) is 26.7 Å². The number of hydrogen-bond donors (Lipinski definition) is 0. The summed E-state index contributed by atoms with van der Waals surface area (Å²) >= 11 is 2.75. The van der Waals surface area contributed by atoms with Crippen LogP contribution in [0.4, 0.5) is 26.3 Å². The summed E-state index contributed by atoms with van der Waals surface area (Å²) in [6.07, 6.45) is -12.1. The number of alkyl halides is 6. The second-order valence-corrected chi connectivity index (χ2v) is 5.44. The minimum atomic E-state index is -4.43. The normalized spacial score (nSPS) is 12.7. The molecule has 0 saturated heterocycles. The van der Waals surface area contributed by atoms with E-state index in [0.29, 0.717) is 9.25 Å². The molecule has 0 radical (unpaired) electrons. The van der Waals surface area contributed by atoms with Gasteiger partial charge in [-0.1, -0.05) is 0 Å². The molecule has 1 aromatic rings. The van der Waals surface area contributed by atoms with Crippen LogP contribution in [0.1, 0.15) is 25.7 Å². The standard InChI is InChI=1S/C11H12BrF6N3O2/c12-7-8(22)20(5-1-3-10(13,14)15)9(23)21(19-7)6-2-4-11(16,17)18/h1-6H2. The van der Waals surface area contributed by atoms with Gasteiger partial charge in [0.25, 0.3) is 5.56 Å². The topological polar surface area (TPSA) is 56.9 Å². The van der Waals surface area contributed by atoms with Gasteiger partial charge < -0.3 is 0 Å². The van der Waals surface area contributed by atoms with E-state index in [-0.39, 0.29) is 4.60 Å². The third kappa shape index (κ3) is 6.75. The van der Waals surface area contributed by atoms with Gasteiger partial charge in [0.05, 0.1) is 0 Å². The first-order chi connectivity index (χ1) is 10.4. The Kier molecular flexibility index (Phi) is 6.42. The van der Waals surface area contributed by atoms with Crippen molar-refractivity contribution in [1.82, 2.24) is 14.3 Å². The molecule has 1 aromatic heterocycles. The first-order valence-corrected chi connectivity index (χ1v) is 7.21. The average Bonchev–Trinajstić information content (AvgIpc) is 2.37. The quantitative estimate of drug-likeness (QED) is 0.676. The summed E-state index contributed by atoms with van der Waals surface area (Å²) in [6.45, 7) is -0.909. The van der Waals surface area contributed by atoms with E-state index in [4.69, 9.17) is 0 Å². The third-order valence-electron chi connectivity index (χ3n) is 2.75. The second kappa shape index (κ2) is 7.49. The zero-order chi connectivity index (χ0) is 17.8. The van der Waals surface area contributed by atoms with Gasteiger partial charge in [-0.05, 0) is 28.8 Å². The van der Waals surface area contributed by atoms with Crippen LogP contribution in [0.3, 0.4) is 0 Å². The van der Waals surface area contributed by atoms with E-state index in [9.17, 15) is 35.9 Å². The summed E-state index contributed by atoms with van der Waals surface area (Å²) in [6, 6.07) is 0. The van der Waals surface area contributed by atoms with Crippen molar-refractivity contribution in [3.8, 4) is 0 Å². The van der Waals surface area contributed by atoms with Crippen molar-refractivity contribution in [2.45, 2.75) is 51.1 Å². The van der Waals surface area contributed by atoms with Crippen LogP contribution in [0, 0.1) is 0 Å². The average molecular weight is 412 g/mol. The van der Waals surface area contributed by atoms with Gasteiger partial charge in [-0.3, -0.25) is 9.36 Å². The molecule has 0 atom stereocenters. The predicted octanol–water partition coefficient (Wildman–Crippen LogP) is 2.85. The predicted molar refractivity (Wildman–Crippen MR) is 71.0 cm³/mol. The smallest absolute Gasteiger partial charge is 0.266 e. The van der Waals surface area contributed by atoms with Gasteiger partial charge in [0.1, 0.15) is 0 Å². The maximum atomic E-state index is 12.1. The molecular weight excluding hydrogens is 400 g/mol. The van der Waals surface area contributed by atoms with Crippen LogP contribution in [0.2, 0.25) is 0 Å². The molecule has 0 unspecified atom stereocenters. The Morgan fingerprint density at radius 2 is 1.39 bits per heavy atom. The molecule has 23 heavy (non-hydrogen) atoms. The number of rotatable bonds is 6. The monoisotopic (exact) mass is 411 g/mol. The molecule has 0 aromatic carbocycles. The molecule has 0 amide bonds. The number of aryl methyl sites for hydroxylation is 1. The molecule has 1 rings (SSSR count). The zero-order valence-electron chi connectivity index (χ0n) is 11.5. The Morgan fingerprint density at radius 3 is 1.87 bits per heavy atom. The summed E-state index contributed by atoms with van der Waals surface area (Å²) in [5.74, 6) is 0. The van der Waals surface area contributed by atoms with E-state index >= 15 is 0 Å². The molecule has 5 nitrogen and oxygen atoms in total. The van der Waals surface area contributed by atoms with Crippen molar-refractivity contribution in [2.24, 2.45) is 0 Å². The van der Waals surface area contributed by atoms with Crippen molar-refractivity contribution in [3.63, 3.8) is 0 Å². The number of hydrogen-bond acceptors (Lipinski definition) is 3. The first kappa shape index (κ1) is 19.7. The summed E-state index contributed by atoms with van der Waals surface area (Å²) in [5, 5.41) is 3.51. The van der Waals surface area contributed by atoms with Gasteiger partial charge in [0, 0.05) is 25.9 Å². The highest BCUT2D eigenvalue weighted by Gasteiger charge is 2.27. The molecule has 1 heterocycles. The zero-order valence-corrected chi connectivity index (χ0v) is 13.1. The van der Waals surface area contributed by atoms with Crippen LogP contribution in [0.25, 0.3) is 0 Å². The summed E-state index contributed by atoms with van der Waals surface area (Å²) in [4.78, 5) is 23.6. The van der Waals surface area contributed by atoms with Crippen molar-refractivity contribution in [3.05, 3.63) is 25.4 Å². The lowest BCUT2D eigenvalue weighted by Crippen LogP contribution is -2.42. The van der Waals surface area contributed by atoms with Crippen LogP contribution < -0.4 is 11.2 Å². The fraction of sp³-hybridized carbons (Fsp3) is 0.727. The summed E-state index contributed by atoms with van der Waals surface area (Å²) in [5.41, 5.74) is -1.97. The van der Waals surface area contributed by atoms with Gasteiger partial charge in [-0.25, -0.2) is 9.48 Å². The molecule has 0 fully saturated rings. The van der Waals surface area contributed by atoms with Gasteiger partial charge in [0.15, 0.2) is 4.60 Å². The SMILES string of the molecule is O=c1c(Br)nn(CCCC(F)(F)F)c(=O)n1CCCC(F)(F)F. The minimum absolute atomic E-state index is 0.351. The van der Waals surface area contributed by atoms with Gasteiger partial charge in [0.2, 0.25) is 0 Å². The lowest BCUT2D eigenvalue weighted by Gasteiger charge is -2.11. The number of halogens is 7. The van der Waals surface area contributed by atoms with Crippen LogP contribution >= 0.6 is 15.9 Å². The van der Waals surface area contributed by atoms with Crippen molar-refractivity contribution in [1.29, 1.82) is 0 Å². The molecule has 0 aliphatic heterocycles. The highest BCUT2D eigenvalue weighted by Crippen LogP contribution is 2.22. The molecule has 0 N–H and O–H groups in total. The summed E-state index contributed by atoms with van der Waals surface area (Å²) in [7, 11) is 0. The minimum Gasteiger partial charge on any atom is -0.266 e. The third-order valence-corrected chi connectivity index (χ3v) is 3.25. The molecule has 12 heteroatoms. The Balaban J connectivity index is 2.90. The van der Waals surface area contributed by atoms with E-state index in [2.05, 4.69) is 21.0 Å². The molecule has 132 valence electrons. The van der Waals surface area contributed by atoms with E-state index in [1.165, 1.54) is 0 Å². The first-order valence-electron chi connectivity index (χ1n) is 6.42. The Hall–Kier alpha value is -1.33. The molecule has 0 saturated carbocycles. The number of nitrogens with zero attached hydrogens (tertiary/aromatic N) is 3. The van der Waals surface area contributed by atoms with Crippen molar-refractivity contribution in [2.75, 3.05) is 0 Å². The maximum Gasteiger partial charge on any atom is 0.389 e. The van der Waals surface area contributed by atoms with Crippen molar-refractivity contribution < 1.29 is 26.3 Å².